The fraction of sp³-hybridized carbons (Fsp3) is 0.462. The molecule has 0 radical (unpaired) electrons. The molecule has 1 aromatic heterocycles. The Morgan fingerprint density at radius 1 is 1.41 bits per heavy atom. The Morgan fingerprint density at radius 2 is 2.35 bits per heavy atom. The van der Waals surface area contributed by atoms with Crippen LogP contribution in [0.25, 0.3) is 11.0 Å². The largest absolute Gasteiger partial charge is 0.491 e. The molecule has 1 aromatic carbocycles. The van der Waals surface area contributed by atoms with Crippen molar-refractivity contribution >= 4 is 16.8 Å². The van der Waals surface area contributed by atoms with E-state index in [9.17, 15) is 0 Å². The Balaban J connectivity index is 2.05. The normalized spacial score (nSPS) is 14.8. The SMILES string of the molecule is CCCCN1CCOc2cccc3onc1c23. The minimum atomic E-state index is 0.708. The van der Waals surface area contributed by atoms with Crippen molar-refractivity contribution in [3.05, 3.63) is 18.2 Å². The molecule has 0 fully saturated rings. The standard InChI is InChI=1S/C13H16N2O2/c1-2-3-7-15-8-9-16-10-5-4-6-11-12(10)13(15)14-17-11/h4-6H,2-3,7-9H2,1H3. The van der Waals surface area contributed by atoms with E-state index in [4.69, 9.17) is 9.26 Å². The summed E-state index contributed by atoms with van der Waals surface area (Å²) in [7, 11) is 0. The van der Waals surface area contributed by atoms with E-state index in [1.54, 1.807) is 0 Å². The molecule has 1 aliphatic rings. The highest BCUT2D eigenvalue weighted by molar-refractivity contribution is 5.94. The van der Waals surface area contributed by atoms with E-state index in [0.29, 0.717) is 6.61 Å². The van der Waals surface area contributed by atoms with Crippen LogP contribution in [0.2, 0.25) is 0 Å². The quantitative estimate of drug-likeness (QED) is 0.815. The molecule has 0 saturated heterocycles. The van der Waals surface area contributed by atoms with E-state index >= 15 is 0 Å². The number of aromatic nitrogens is 1. The highest BCUT2D eigenvalue weighted by atomic mass is 16.5. The summed E-state index contributed by atoms with van der Waals surface area (Å²) in [5, 5.41) is 5.21. The van der Waals surface area contributed by atoms with Crippen molar-refractivity contribution in [2.24, 2.45) is 0 Å². The van der Waals surface area contributed by atoms with Gasteiger partial charge in [-0.1, -0.05) is 24.6 Å². The summed E-state index contributed by atoms with van der Waals surface area (Å²) >= 11 is 0. The number of hydrogen-bond acceptors (Lipinski definition) is 4. The second-order valence-corrected chi connectivity index (χ2v) is 4.32. The zero-order valence-electron chi connectivity index (χ0n) is 9.98. The number of anilines is 1. The van der Waals surface area contributed by atoms with Crippen LogP contribution in [0.5, 0.6) is 5.75 Å². The minimum absolute atomic E-state index is 0.708. The average Bonchev–Trinajstić information content (AvgIpc) is 2.69. The van der Waals surface area contributed by atoms with Crippen molar-refractivity contribution in [2.75, 3.05) is 24.6 Å². The topological polar surface area (TPSA) is 38.5 Å². The summed E-state index contributed by atoms with van der Waals surface area (Å²) in [5.41, 5.74) is 0.806. The van der Waals surface area contributed by atoms with Gasteiger partial charge in [0.1, 0.15) is 17.7 Å². The lowest BCUT2D eigenvalue weighted by atomic mass is 10.2. The van der Waals surface area contributed by atoms with Crippen molar-refractivity contribution in [1.82, 2.24) is 5.16 Å². The molecule has 4 heteroatoms. The van der Waals surface area contributed by atoms with E-state index in [0.717, 1.165) is 42.0 Å². The summed E-state index contributed by atoms with van der Waals surface area (Å²) in [6.45, 7) is 4.78. The van der Waals surface area contributed by atoms with Crippen LogP contribution in [-0.2, 0) is 0 Å². The minimum Gasteiger partial charge on any atom is -0.491 e. The van der Waals surface area contributed by atoms with Crippen LogP contribution in [0.15, 0.2) is 22.7 Å². The van der Waals surface area contributed by atoms with Crippen molar-refractivity contribution in [3.63, 3.8) is 0 Å². The highest BCUT2D eigenvalue weighted by Gasteiger charge is 2.21. The summed E-state index contributed by atoms with van der Waals surface area (Å²) in [5.74, 6) is 1.82. The Bertz CT molecular complexity index is 521. The molecule has 4 nitrogen and oxygen atoms in total. The van der Waals surface area contributed by atoms with Gasteiger partial charge in [0.05, 0.1) is 6.54 Å². The number of ether oxygens (including phenoxy) is 1. The summed E-state index contributed by atoms with van der Waals surface area (Å²) in [6, 6.07) is 5.85. The molecule has 90 valence electrons. The Morgan fingerprint density at radius 3 is 3.24 bits per heavy atom. The molecule has 0 bridgehead atoms. The number of rotatable bonds is 3. The lowest BCUT2D eigenvalue weighted by Crippen LogP contribution is -2.28. The zero-order valence-corrected chi connectivity index (χ0v) is 9.98. The van der Waals surface area contributed by atoms with Gasteiger partial charge in [-0.15, -0.1) is 0 Å². The maximum Gasteiger partial charge on any atom is 0.183 e. The third-order valence-corrected chi connectivity index (χ3v) is 3.14. The van der Waals surface area contributed by atoms with E-state index < -0.39 is 0 Å². The molecule has 17 heavy (non-hydrogen) atoms. The van der Waals surface area contributed by atoms with Gasteiger partial charge in [-0.25, -0.2) is 0 Å². The molecule has 1 aliphatic heterocycles. The molecular formula is C13H16N2O2. The van der Waals surface area contributed by atoms with Gasteiger partial charge >= 0.3 is 0 Å². The van der Waals surface area contributed by atoms with E-state index in [-0.39, 0.29) is 0 Å². The van der Waals surface area contributed by atoms with Gasteiger partial charge in [-0.2, -0.15) is 0 Å². The van der Waals surface area contributed by atoms with Crippen molar-refractivity contribution in [2.45, 2.75) is 19.8 Å². The maximum atomic E-state index is 5.75. The predicted octanol–water partition coefficient (Wildman–Crippen LogP) is 2.83. The summed E-state index contributed by atoms with van der Waals surface area (Å²) < 4.78 is 11.1. The fourth-order valence-electron chi connectivity index (χ4n) is 2.22. The summed E-state index contributed by atoms with van der Waals surface area (Å²) in [4.78, 5) is 2.26. The third-order valence-electron chi connectivity index (χ3n) is 3.14. The molecule has 2 aromatic rings. The van der Waals surface area contributed by atoms with Crippen LogP contribution in [0.1, 0.15) is 19.8 Å². The predicted molar refractivity (Wildman–Crippen MR) is 66.6 cm³/mol. The highest BCUT2D eigenvalue weighted by Crippen LogP contribution is 2.35. The van der Waals surface area contributed by atoms with Crippen LogP contribution in [0.3, 0.4) is 0 Å². The molecule has 0 amide bonds. The first-order valence-electron chi connectivity index (χ1n) is 6.16. The monoisotopic (exact) mass is 232 g/mol. The molecule has 0 saturated carbocycles. The number of unbranched alkanes of at least 4 members (excludes halogenated alkanes) is 1. The molecule has 0 spiro atoms. The maximum absolute atomic E-state index is 5.75. The average molecular weight is 232 g/mol. The van der Waals surface area contributed by atoms with Crippen molar-refractivity contribution < 1.29 is 9.26 Å². The van der Waals surface area contributed by atoms with Gasteiger partial charge < -0.3 is 14.2 Å². The Labute approximate surface area is 100 Å². The van der Waals surface area contributed by atoms with E-state index in [2.05, 4.69) is 17.0 Å². The Kier molecular flexibility index (Phi) is 2.63. The van der Waals surface area contributed by atoms with Gasteiger partial charge in [0.25, 0.3) is 0 Å². The second-order valence-electron chi connectivity index (χ2n) is 4.32. The first-order chi connectivity index (χ1) is 8.40. The van der Waals surface area contributed by atoms with Crippen LogP contribution >= 0.6 is 0 Å². The number of nitrogens with zero attached hydrogens (tertiary/aromatic N) is 2. The van der Waals surface area contributed by atoms with Crippen LogP contribution in [-0.4, -0.2) is 24.9 Å². The first-order valence-corrected chi connectivity index (χ1v) is 6.16. The molecule has 3 rings (SSSR count). The van der Waals surface area contributed by atoms with Gasteiger partial charge in [-0.05, 0) is 18.6 Å². The van der Waals surface area contributed by atoms with Crippen LogP contribution in [0, 0.1) is 0 Å². The van der Waals surface area contributed by atoms with Crippen LogP contribution in [0.4, 0.5) is 5.82 Å². The molecular weight excluding hydrogens is 216 g/mol. The fourth-order valence-corrected chi connectivity index (χ4v) is 2.22. The first kappa shape index (κ1) is 10.4. The van der Waals surface area contributed by atoms with Crippen molar-refractivity contribution in [3.8, 4) is 5.75 Å². The zero-order chi connectivity index (χ0) is 11.7. The van der Waals surface area contributed by atoms with Crippen LogP contribution < -0.4 is 9.64 Å². The lowest BCUT2D eigenvalue weighted by molar-refractivity contribution is 0.329. The smallest absolute Gasteiger partial charge is 0.183 e. The van der Waals surface area contributed by atoms with Crippen molar-refractivity contribution in [1.29, 1.82) is 0 Å². The van der Waals surface area contributed by atoms with Gasteiger partial charge in [0, 0.05) is 6.54 Å². The molecule has 2 heterocycles. The number of hydrogen-bond donors (Lipinski definition) is 0. The second kappa shape index (κ2) is 4.28. The van der Waals surface area contributed by atoms with Gasteiger partial charge in [0.15, 0.2) is 11.4 Å². The van der Waals surface area contributed by atoms with Gasteiger partial charge in [-0.3, -0.25) is 0 Å². The lowest BCUT2D eigenvalue weighted by Gasteiger charge is -2.19. The molecule has 0 atom stereocenters. The Hall–Kier alpha value is -1.71. The number of benzene rings is 1. The molecule has 0 aliphatic carbocycles. The van der Waals surface area contributed by atoms with E-state index in [1.807, 2.05) is 18.2 Å². The molecule has 0 unspecified atom stereocenters. The summed E-state index contributed by atoms with van der Waals surface area (Å²) in [6.07, 6.45) is 2.34. The van der Waals surface area contributed by atoms with Gasteiger partial charge in [0.2, 0.25) is 0 Å². The molecule has 0 N–H and O–H groups in total. The van der Waals surface area contributed by atoms with E-state index in [1.165, 1.54) is 6.42 Å². The third kappa shape index (κ3) is 1.73.